The number of carbonyl (C=O) groups excluding carboxylic acids is 2. The topological polar surface area (TPSA) is 117 Å². The van der Waals surface area contributed by atoms with Crippen LogP contribution in [0.4, 0.5) is 5.69 Å². The molecule has 0 saturated heterocycles. The third-order valence-electron chi connectivity index (χ3n) is 3.83. The van der Waals surface area contributed by atoms with Crippen molar-refractivity contribution in [1.82, 2.24) is 4.72 Å². The Balaban J connectivity index is 1.92. The lowest BCUT2D eigenvalue weighted by Crippen LogP contribution is -2.39. The first kappa shape index (κ1) is 21.1. The third kappa shape index (κ3) is 5.39. The van der Waals surface area contributed by atoms with Crippen molar-refractivity contribution in [3.05, 3.63) is 60.2 Å². The summed E-state index contributed by atoms with van der Waals surface area (Å²) in [7, 11) is -2.40. The Kier molecular flexibility index (Phi) is 6.87. The summed E-state index contributed by atoms with van der Waals surface area (Å²) in [5.41, 5.74) is 0.949. The number of para-hydroxylation sites is 1. The molecule has 0 unspecified atom stereocenters. The number of rotatable bonds is 7. The fourth-order valence-electron chi connectivity index (χ4n) is 2.29. The largest absolute Gasteiger partial charge is 0.452 e. The Bertz CT molecular complexity index is 982. The zero-order valence-electron chi connectivity index (χ0n) is 15.3. The molecule has 0 aliphatic carbocycles. The van der Waals surface area contributed by atoms with Crippen molar-refractivity contribution in [3.63, 3.8) is 0 Å². The van der Waals surface area contributed by atoms with Crippen LogP contribution in [0, 0.1) is 11.3 Å². The summed E-state index contributed by atoms with van der Waals surface area (Å²) in [6.45, 7) is 0.782. The first-order valence-electron chi connectivity index (χ1n) is 8.26. The van der Waals surface area contributed by atoms with Crippen LogP contribution in [0.1, 0.15) is 12.5 Å². The molecule has 0 aliphatic rings. The highest BCUT2D eigenvalue weighted by molar-refractivity contribution is 7.89. The number of nitrogens with zero attached hydrogens (tertiary/aromatic N) is 2. The van der Waals surface area contributed by atoms with Crippen LogP contribution in [0.5, 0.6) is 0 Å². The Morgan fingerprint density at radius 1 is 1.14 bits per heavy atom. The molecular weight excluding hydrogens is 382 g/mol. The number of esters is 1. The van der Waals surface area contributed by atoms with Crippen molar-refractivity contribution in [1.29, 1.82) is 5.26 Å². The first-order chi connectivity index (χ1) is 13.2. The third-order valence-corrected chi connectivity index (χ3v) is 5.25. The van der Waals surface area contributed by atoms with Crippen LogP contribution in [0.25, 0.3) is 0 Å². The van der Waals surface area contributed by atoms with Gasteiger partial charge in [-0.2, -0.15) is 9.98 Å². The van der Waals surface area contributed by atoms with Gasteiger partial charge in [0.15, 0.2) is 6.10 Å². The lowest BCUT2D eigenvalue weighted by molar-refractivity contribution is -0.152. The Labute approximate surface area is 163 Å². The molecule has 2 aromatic rings. The van der Waals surface area contributed by atoms with Gasteiger partial charge in [-0.3, -0.25) is 9.59 Å². The number of sulfonamides is 1. The van der Waals surface area contributed by atoms with E-state index in [-0.39, 0.29) is 4.90 Å². The van der Waals surface area contributed by atoms with E-state index < -0.39 is 34.5 Å². The fraction of sp³-hybridized carbons (Fsp3) is 0.211. The number of nitriles is 1. The van der Waals surface area contributed by atoms with Crippen molar-refractivity contribution in [2.24, 2.45) is 0 Å². The standard InChI is InChI=1S/C19H19N3O5S/c1-14(19(24)22(2)16-6-4-3-5-7-16)27-18(23)13-21-28(25,26)17-10-8-15(12-20)9-11-17/h3-11,14,21H,13H2,1-2H3/t14-/m1/s1. The maximum absolute atomic E-state index is 12.3. The predicted molar refractivity (Wildman–Crippen MR) is 102 cm³/mol. The summed E-state index contributed by atoms with van der Waals surface area (Å²) in [5, 5.41) is 8.74. The molecule has 0 bridgehead atoms. The van der Waals surface area contributed by atoms with Crippen molar-refractivity contribution >= 4 is 27.6 Å². The number of nitrogens with one attached hydrogen (secondary N) is 1. The summed E-state index contributed by atoms with van der Waals surface area (Å²) in [6, 6.07) is 15.9. The van der Waals surface area contributed by atoms with Crippen LogP contribution in [0.2, 0.25) is 0 Å². The molecule has 0 aromatic heterocycles. The minimum atomic E-state index is -3.95. The second-order valence-electron chi connectivity index (χ2n) is 5.83. The van der Waals surface area contributed by atoms with Gasteiger partial charge in [-0.05, 0) is 43.3 Å². The van der Waals surface area contributed by atoms with Crippen LogP contribution in [-0.4, -0.2) is 40.0 Å². The van der Waals surface area contributed by atoms with Gasteiger partial charge < -0.3 is 9.64 Å². The normalized spacial score (nSPS) is 11.9. The zero-order chi connectivity index (χ0) is 20.7. The average Bonchev–Trinajstić information content (AvgIpc) is 2.72. The van der Waals surface area contributed by atoms with Gasteiger partial charge in [0.1, 0.15) is 6.54 Å². The van der Waals surface area contributed by atoms with E-state index in [4.69, 9.17) is 10.00 Å². The zero-order valence-corrected chi connectivity index (χ0v) is 16.1. The van der Waals surface area contributed by atoms with Gasteiger partial charge in [-0.1, -0.05) is 18.2 Å². The van der Waals surface area contributed by atoms with Crippen molar-refractivity contribution in [2.75, 3.05) is 18.5 Å². The predicted octanol–water partition coefficient (Wildman–Crippen LogP) is 1.43. The molecule has 0 heterocycles. The molecule has 28 heavy (non-hydrogen) atoms. The van der Waals surface area contributed by atoms with E-state index in [2.05, 4.69) is 4.72 Å². The molecule has 0 radical (unpaired) electrons. The fourth-order valence-corrected chi connectivity index (χ4v) is 3.26. The van der Waals surface area contributed by atoms with Gasteiger partial charge in [0.2, 0.25) is 10.0 Å². The SMILES string of the molecule is C[C@@H](OC(=O)CNS(=O)(=O)c1ccc(C#N)cc1)C(=O)N(C)c1ccccc1. The molecule has 146 valence electrons. The van der Waals surface area contributed by atoms with E-state index in [1.807, 2.05) is 12.1 Å². The highest BCUT2D eigenvalue weighted by Crippen LogP contribution is 2.13. The van der Waals surface area contributed by atoms with Crippen LogP contribution in [0.15, 0.2) is 59.5 Å². The van der Waals surface area contributed by atoms with Gasteiger partial charge in [-0.25, -0.2) is 8.42 Å². The summed E-state index contributed by atoms with van der Waals surface area (Å²) in [5.74, 6) is -1.34. The van der Waals surface area contributed by atoms with E-state index in [0.29, 0.717) is 11.3 Å². The number of amides is 1. The van der Waals surface area contributed by atoms with E-state index in [1.54, 1.807) is 31.3 Å². The summed E-state index contributed by atoms with van der Waals surface area (Å²) in [4.78, 5) is 25.5. The Hall–Kier alpha value is -3.22. The molecule has 0 saturated carbocycles. The maximum Gasteiger partial charge on any atom is 0.321 e. The van der Waals surface area contributed by atoms with Crippen LogP contribution in [-0.2, 0) is 24.3 Å². The number of benzene rings is 2. The number of carbonyl (C=O) groups is 2. The number of hydrogen-bond donors (Lipinski definition) is 1. The number of ether oxygens (including phenoxy) is 1. The second kappa shape index (κ2) is 9.12. The van der Waals surface area contributed by atoms with Crippen LogP contribution < -0.4 is 9.62 Å². The van der Waals surface area contributed by atoms with E-state index in [9.17, 15) is 18.0 Å². The molecule has 9 heteroatoms. The Morgan fingerprint density at radius 3 is 2.32 bits per heavy atom. The monoisotopic (exact) mass is 401 g/mol. The van der Waals surface area contributed by atoms with Gasteiger partial charge in [0.25, 0.3) is 5.91 Å². The van der Waals surface area contributed by atoms with Crippen molar-refractivity contribution < 1.29 is 22.7 Å². The van der Waals surface area contributed by atoms with Gasteiger partial charge in [0, 0.05) is 12.7 Å². The molecular formula is C19H19N3O5S. The molecule has 1 atom stereocenters. The minimum Gasteiger partial charge on any atom is -0.452 e. The van der Waals surface area contributed by atoms with Crippen molar-refractivity contribution in [3.8, 4) is 6.07 Å². The van der Waals surface area contributed by atoms with E-state index in [1.165, 1.54) is 36.1 Å². The molecule has 0 aliphatic heterocycles. The van der Waals surface area contributed by atoms with Gasteiger partial charge in [-0.15, -0.1) is 0 Å². The van der Waals surface area contributed by atoms with Gasteiger partial charge in [0.05, 0.1) is 16.5 Å². The second-order valence-corrected chi connectivity index (χ2v) is 7.59. The number of anilines is 1. The maximum atomic E-state index is 12.3. The molecule has 8 nitrogen and oxygen atoms in total. The molecule has 0 spiro atoms. The molecule has 2 aromatic carbocycles. The van der Waals surface area contributed by atoms with Gasteiger partial charge >= 0.3 is 5.97 Å². The minimum absolute atomic E-state index is 0.0905. The summed E-state index contributed by atoms with van der Waals surface area (Å²) >= 11 is 0. The first-order valence-corrected chi connectivity index (χ1v) is 9.75. The highest BCUT2D eigenvalue weighted by Gasteiger charge is 2.23. The van der Waals surface area contributed by atoms with Crippen LogP contribution >= 0.6 is 0 Å². The van der Waals surface area contributed by atoms with Crippen molar-refractivity contribution in [2.45, 2.75) is 17.9 Å². The molecule has 1 amide bonds. The number of likely N-dealkylation sites (N-methyl/N-ethyl adjacent to an activating group) is 1. The molecule has 2 rings (SSSR count). The van der Waals surface area contributed by atoms with Crippen LogP contribution in [0.3, 0.4) is 0 Å². The Morgan fingerprint density at radius 2 is 1.75 bits per heavy atom. The summed E-state index contributed by atoms with van der Waals surface area (Å²) < 4.78 is 31.5. The summed E-state index contributed by atoms with van der Waals surface area (Å²) in [6.07, 6.45) is -1.09. The lowest BCUT2D eigenvalue weighted by Gasteiger charge is -2.21. The molecule has 1 N–H and O–H groups in total. The molecule has 0 fully saturated rings. The number of hydrogen-bond acceptors (Lipinski definition) is 6. The highest BCUT2D eigenvalue weighted by atomic mass is 32.2. The quantitative estimate of drug-likeness (QED) is 0.702. The van der Waals surface area contributed by atoms with E-state index >= 15 is 0 Å². The smallest absolute Gasteiger partial charge is 0.321 e. The van der Waals surface area contributed by atoms with E-state index in [0.717, 1.165) is 0 Å². The average molecular weight is 401 g/mol. The lowest BCUT2D eigenvalue weighted by atomic mass is 10.2.